The summed E-state index contributed by atoms with van der Waals surface area (Å²) >= 11 is 5.87. The minimum absolute atomic E-state index is 0.0479. The van der Waals surface area contributed by atoms with Gasteiger partial charge in [-0.05, 0) is 31.0 Å². The van der Waals surface area contributed by atoms with E-state index in [0.29, 0.717) is 22.3 Å². The highest BCUT2D eigenvalue weighted by Gasteiger charge is 2.25. The van der Waals surface area contributed by atoms with Gasteiger partial charge in [-0.15, -0.1) is 0 Å². The molecule has 1 atom stereocenters. The highest BCUT2D eigenvalue weighted by atomic mass is 35.5. The molecule has 7 heteroatoms. The summed E-state index contributed by atoms with van der Waals surface area (Å²) < 4.78 is 0. The zero-order valence-electron chi connectivity index (χ0n) is 12.3. The average molecular weight is 322 g/mol. The molecular formula is C15H18ClN4O2+. The standard InChI is InChI=1S/C15H17ClN4O2/c1-20(8-14(21)18-12-4-5-12)9-15(22)19-13-6-11(16)3-2-10(13)7-17/h2-3,6,12H,4-5,8-9H2,1H3,(H,18,21)(H,19,22)/p+1. The lowest BCUT2D eigenvalue weighted by molar-refractivity contribution is -0.862. The molecule has 1 aliphatic rings. The lowest BCUT2D eigenvalue weighted by Crippen LogP contribution is -3.11. The molecule has 3 N–H and O–H groups in total. The molecule has 0 bridgehead atoms. The third-order valence-electron chi connectivity index (χ3n) is 3.24. The molecule has 1 saturated carbocycles. The lowest BCUT2D eigenvalue weighted by Gasteiger charge is -2.14. The Morgan fingerprint density at radius 1 is 1.36 bits per heavy atom. The number of hydrogen-bond acceptors (Lipinski definition) is 3. The Bertz CT molecular complexity index is 622. The number of carbonyl (C=O) groups excluding carboxylic acids is 2. The summed E-state index contributed by atoms with van der Waals surface area (Å²) in [6.07, 6.45) is 2.08. The molecule has 1 aromatic carbocycles. The van der Waals surface area contributed by atoms with E-state index in [0.717, 1.165) is 17.7 Å². The normalized spacial score (nSPS) is 14.8. The lowest BCUT2D eigenvalue weighted by atomic mass is 10.2. The first-order valence-electron chi connectivity index (χ1n) is 7.08. The van der Waals surface area contributed by atoms with Crippen LogP contribution < -0.4 is 15.5 Å². The van der Waals surface area contributed by atoms with Gasteiger partial charge in [0.2, 0.25) is 0 Å². The number of quaternary nitrogens is 1. The van der Waals surface area contributed by atoms with Gasteiger partial charge in [0.25, 0.3) is 11.8 Å². The number of benzene rings is 1. The molecule has 0 aliphatic heterocycles. The Morgan fingerprint density at radius 3 is 2.68 bits per heavy atom. The molecule has 1 unspecified atom stereocenters. The predicted octanol–water partition coefficient (Wildman–Crippen LogP) is -0.0565. The highest BCUT2D eigenvalue weighted by Crippen LogP contribution is 2.20. The van der Waals surface area contributed by atoms with Crippen molar-refractivity contribution in [2.45, 2.75) is 18.9 Å². The van der Waals surface area contributed by atoms with Gasteiger partial charge in [-0.1, -0.05) is 11.6 Å². The van der Waals surface area contributed by atoms with Crippen molar-refractivity contribution in [3.8, 4) is 6.07 Å². The summed E-state index contributed by atoms with van der Waals surface area (Å²) in [5.74, 6) is -0.316. The van der Waals surface area contributed by atoms with Crippen LogP contribution in [-0.4, -0.2) is 38.0 Å². The van der Waals surface area contributed by atoms with Crippen LogP contribution in [0.2, 0.25) is 5.02 Å². The van der Waals surface area contributed by atoms with Crippen LogP contribution in [0.1, 0.15) is 18.4 Å². The first-order valence-corrected chi connectivity index (χ1v) is 7.46. The second-order valence-corrected chi connectivity index (χ2v) is 5.94. The number of rotatable bonds is 6. The Kier molecular flexibility index (Phi) is 5.36. The number of nitrogens with one attached hydrogen (secondary N) is 3. The molecule has 116 valence electrons. The molecule has 1 fully saturated rings. The van der Waals surface area contributed by atoms with E-state index in [1.165, 1.54) is 6.07 Å². The number of hydrogen-bond donors (Lipinski definition) is 3. The first-order chi connectivity index (χ1) is 10.5. The van der Waals surface area contributed by atoms with Crippen LogP contribution in [0.5, 0.6) is 0 Å². The van der Waals surface area contributed by atoms with E-state index in [4.69, 9.17) is 16.9 Å². The summed E-state index contributed by atoms with van der Waals surface area (Å²) in [6, 6.07) is 7.00. The zero-order valence-corrected chi connectivity index (χ0v) is 13.0. The largest absolute Gasteiger partial charge is 0.348 e. The van der Waals surface area contributed by atoms with Crippen molar-refractivity contribution in [1.82, 2.24) is 5.32 Å². The van der Waals surface area contributed by atoms with Crippen LogP contribution in [0.3, 0.4) is 0 Å². The van der Waals surface area contributed by atoms with Gasteiger partial charge in [-0.2, -0.15) is 5.26 Å². The monoisotopic (exact) mass is 321 g/mol. The van der Waals surface area contributed by atoms with Crippen molar-refractivity contribution in [3.63, 3.8) is 0 Å². The van der Waals surface area contributed by atoms with E-state index in [1.807, 2.05) is 6.07 Å². The zero-order chi connectivity index (χ0) is 16.1. The minimum atomic E-state index is -0.268. The smallest absolute Gasteiger partial charge is 0.279 e. The fraction of sp³-hybridized carbons (Fsp3) is 0.400. The van der Waals surface area contributed by atoms with Crippen molar-refractivity contribution < 1.29 is 14.5 Å². The number of halogens is 1. The number of anilines is 1. The molecule has 0 radical (unpaired) electrons. The van der Waals surface area contributed by atoms with E-state index in [2.05, 4.69) is 10.6 Å². The van der Waals surface area contributed by atoms with Gasteiger partial charge in [0.15, 0.2) is 13.1 Å². The maximum Gasteiger partial charge on any atom is 0.279 e. The fourth-order valence-corrected chi connectivity index (χ4v) is 2.20. The van der Waals surface area contributed by atoms with Gasteiger partial charge in [0.05, 0.1) is 18.3 Å². The third-order valence-corrected chi connectivity index (χ3v) is 3.48. The minimum Gasteiger partial charge on any atom is -0.348 e. The number of nitriles is 1. The molecule has 6 nitrogen and oxygen atoms in total. The third kappa shape index (κ3) is 5.02. The van der Waals surface area contributed by atoms with E-state index in [-0.39, 0.29) is 24.9 Å². The molecule has 22 heavy (non-hydrogen) atoms. The number of likely N-dealkylation sites (N-methyl/N-ethyl adjacent to an activating group) is 1. The molecular weight excluding hydrogens is 304 g/mol. The summed E-state index contributed by atoms with van der Waals surface area (Å²) in [5, 5.41) is 15.0. The molecule has 0 aromatic heterocycles. The van der Waals surface area contributed by atoms with Gasteiger partial charge in [-0.25, -0.2) is 0 Å². The highest BCUT2D eigenvalue weighted by molar-refractivity contribution is 6.31. The summed E-state index contributed by atoms with van der Waals surface area (Å²) in [4.78, 5) is 24.4. The topological polar surface area (TPSA) is 86.4 Å². The fourth-order valence-electron chi connectivity index (χ4n) is 2.03. The predicted molar refractivity (Wildman–Crippen MR) is 82.6 cm³/mol. The maximum atomic E-state index is 12.0. The van der Waals surface area contributed by atoms with Gasteiger partial charge in [0.1, 0.15) is 6.07 Å². The molecule has 2 rings (SSSR count). The summed E-state index contributed by atoms with van der Waals surface area (Å²) in [7, 11) is 1.77. The molecule has 1 aliphatic carbocycles. The molecule has 2 amide bonds. The average Bonchev–Trinajstić information content (AvgIpc) is 3.22. The van der Waals surface area contributed by atoms with Crippen LogP contribution in [0, 0.1) is 11.3 Å². The second kappa shape index (κ2) is 7.25. The van der Waals surface area contributed by atoms with Crippen molar-refractivity contribution in [1.29, 1.82) is 5.26 Å². The Balaban J connectivity index is 1.85. The van der Waals surface area contributed by atoms with E-state index in [9.17, 15) is 9.59 Å². The van der Waals surface area contributed by atoms with Gasteiger partial charge in [0, 0.05) is 11.1 Å². The Hall–Kier alpha value is -2.10. The van der Waals surface area contributed by atoms with Gasteiger partial charge >= 0.3 is 0 Å². The van der Waals surface area contributed by atoms with Crippen molar-refractivity contribution in [2.75, 3.05) is 25.5 Å². The quantitative estimate of drug-likeness (QED) is 0.686. The molecule has 0 spiro atoms. The van der Waals surface area contributed by atoms with Crippen LogP contribution in [0.15, 0.2) is 18.2 Å². The number of amides is 2. The van der Waals surface area contributed by atoms with Crippen molar-refractivity contribution in [2.24, 2.45) is 0 Å². The molecule has 0 saturated heterocycles. The molecule has 0 heterocycles. The SMILES string of the molecule is C[NH+](CC(=O)Nc1cc(Cl)ccc1C#N)CC(=O)NC1CC1. The van der Waals surface area contributed by atoms with Crippen LogP contribution in [0.25, 0.3) is 0 Å². The van der Waals surface area contributed by atoms with Crippen molar-refractivity contribution in [3.05, 3.63) is 28.8 Å². The maximum absolute atomic E-state index is 12.0. The summed E-state index contributed by atoms with van der Waals surface area (Å²) in [6.45, 7) is 0.375. The Morgan fingerprint density at radius 2 is 2.05 bits per heavy atom. The van der Waals surface area contributed by atoms with Crippen LogP contribution >= 0.6 is 11.6 Å². The second-order valence-electron chi connectivity index (χ2n) is 5.50. The van der Waals surface area contributed by atoms with Crippen LogP contribution in [0.4, 0.5) is 5.69 Å². The van der Waals surface area contributed by atoms with Gasteiger partial charge in [-0.3, -0.25) is 9.59 Å². The first kappa shape index (κ1) is 16.3. The van der Waals surface area contributed by atoms with Crippen LogP contribution in [-0.2, 0) is 9.59 Å². The van der Waals surface area contributed by atoms with E-state index >= 15 is 0 Å². The van der Waals surface area contributed by atoms with Gasteiger partial charge < -0.3 is 15.5 Å². The van der Waals surface area contributed by atoms with E-state index in [1.54, 1.807) is 19.2 Å². The number of nitrogens with zero attached hydrogens (tertiary/aromatic N) is 1. The van der Waals surface area contributed by atoms with E-state index < -0.39 is 0 Å². The summed E-state index contributed by atoms with van der Waals surface area (Å²) in [5.41, 5.74) is 0.733. The number of carbonyl (C=O) groups is 2. The molecule has 1 aromatic rings. The Labute approximate surface area is 134 Å². The van der Waals surface area contributed by atoms with Crippen molar-refractivity contribution >= 4 is 29.1 Å².